The molecule has 33 heavy (non-hydrogen) atoms. The third-order valence-corrected chi connectivity index (χ3v) is 14.0. The molecule has 1 N–H and O–H groups in total. The van der Waals surface area contributed by atoms with Crippen LogP contribution in [0.3, 0.4) is 0 Å². The molecule has 5 aliphatic carbocycles. The Morgan fingerprint density at radius 1 is 0.758 bits per heavy atom. The molecule has 5 rings (SSSR count). The number of aliphatic carboxylic acids is 1. The van der Waals surface area contributed by atoms with Crippen LogP contribution in [0.5, 0.6) is 0 Å². The molecule has 0 saturated heterocycles. The minimum Gasteiger partial charge on any atom is -0.481 e. The molecule has 3 nitrogen and oxygen atoms in total. The van der Waals surface area contributed by atoms with Crippen LogP contribution in [0, 0.1) is 56.2 Å². The zero-order chi connectivity index (χ0) is 24.2. The van der Waals surface area contributed by atoms with Crippen LogP contribution in [0.2, 0.25) is 0 Å². The SMILES string of the molecule is C[C@H]1C(=O)CC[C@H]2[C@@]1(C)CC[C@H]1[C@]2(C)CC[C@@]2(C)[C@@H]3C[C@](C)(C(=O)O)CC[C@]3(C)CC[C@]12C. The van der Waals surface area contributed by atoms with Gasteiger partial charge in [0.15, 0.2) is 0 Å². The highest BCUT2D eigenvalue weighted by Gasteiger charge is 2.71. The number of rotatable bonds is 1. The van der Waals surface area contributed by atoms with Crippen molar-refractivity contribution < 1.29 is 14.7 Å². The minimum atomic E-state index is -0.588. The van der Waals surface area contributed by atoms with Crippen molar-refractivity contribution in [1.29, 1.82) is 0 Å². The Labute approximate surface area is 201 Å². The van der Waals surface area contributed by atoms with Gasteiger partial charge in [-0.25, -0.2) is 0 Å². The quantitative estimate of drug-likeness (QED) is 0.444. The first kappa shape index (κ1) is 23.9. The summed E-state index contributed by atoms with van der Waals surface area (Å²) in [5, 5.41) is 10.1. The second kappa shape index (κ2) is 6.88. The molecular weight excluding hydrogens is 408 g/mol. The average Bonchev–Trinajstić information content (AvgIpc) is 2.74. The zero-order valence-electron chi connectivity index (χ0n) is 22.4. The van der Waals surface area contributed by atoms with Gasteiger partial charge in [-0.05, 0) is 116 Å². The van der Waals surface area contributed by atoms with E-state index in [-0.39, 0.29) is 27.6 Å². The molecule has 0 radical (unpaired) electrons. The summed E-state index contributed by atoms with van der Waals surface area (Å²) in [6, 6.07) is 0. The number of Topliss-reactive ketones (excluding diaryl/α,β-unsaturated/α-hetero) is 1. The molecule has 0 aromatic heterocycles. The lowest BCUT2D eigenvalue weighted by Gasteiger charge is -2.74. The molecule has 5 saturated carbocycles. The molecule has 3 heteroatoms. The molecule has 186 valence electrons. The van der Waals surface area contributed by atoms with E-state index in [1.807, 2.05) is 6.92 Å². The number of carboxylic acids is 1. The highest BCUT2D eigenvalue weighted by Crippen LogP contribution is 2.78. The van der Waals surface area contributed by atoms with E-state index in [0.29, 0.717) is 29.0 Å². The highest BCUT2D eigenvalue weighted by molar-refractivity contribution is 5.82. The minimum absolute atomic E-state index is 0.153. The fourth-order valence-corrected chi connectivity index (χ4v) is 11.2. The number of carboxylic acid groups (broad SMARTS) is 1. The fourth-order valence-electron chi connectivity index (χ4n) is 11.2. The maximum Gasteiger partial charge on any atom is 0.309 e. The van der Waals surface area contributed by atoms with Crippen LogP contribution in [0.1, 0.15) is 119 Å². The Kier molecular flexibility index (Phi) is 4.97. The zero-order valence-corrected chi connectivity index (χ0v) is 22.4. The summed E-state index contributed by atoms with van der Waals surface area (Å²) in [5.41, 5.74) is 0.621. The van der Waals surface area contributed by atoms with Crippen LogP contribution in [-0.2, 0) is 9.59 Å². The molecule has 5 aliphatic rings. The lowest BCUT2D eigenvalue weighted by Crippen LogP contribution is -2.68. The summed E-state index contributed by atoms with van der Waals surface area (Å²) in [5.74, 6) is 1.91. The second-order valence-electron chi connectivity index (χ2n) is 15.0. The van der Waals surface area contributed by atoms with Crippen LogP contribution < -0.4 is 0 Å². The average molecular weight is 457 g/mol. The Hall–Kier alpha value is -0.860. The third-order valence-electron chi connectivity index (χ3n) is 14.0. The number of hydrogen-bond donors (Lipinski definition) is 1. The van der Waals surface area contributed by atoms with E-state index in [1.165, 1.54) is 38.5 Å². The predicted octanol–water partition coefficient (Wildman–Crippen LogP) is 7.52. The summed E-state index contributed by atoms with van der Waals surface area (Å²) >= 11 is 0. The molecule has 10 atom stereocenters. The van der Waals surface area contributed by atoms with E-state index in [2.05, 4.69) is 41.5 Å². The first-order valence-corrected chi connectivity index (χ1v) is 13.9. The summed E-state index contributed by atoms with van der Waals surface area (Å²) in [6.45, 7) is 16.9. The van der Waals surface area contributed by atoms with Crippen LogP contribution in [0.25, 0.3) is 0 Å². The van der Waals surface area contributed by atoms with Gasteiger partial charge in [-0.3, -0.25) is 9.59 Å². The molecule has 0 aromatic rings. The van der Waals surface area contributed by atoms with Crippen LogP contribution >= 0.6 is 0 Å². The van der Waals surface area contributed by atoms with E-state index in [0.717, 1.165) is 32.1 Å². The lowest BCUT2D eigenvalue weighted by atomic mass is 9.30. The van der Waals surface area contributed by atoms with Crippen molar-refractivity contribution >= 4 is 11.8 Å². The lowest BCUT2D eigenvalue weighted by molar-refractivity contribution is -0.257. The molecule has 0 aliphatic heterocycles. The Bertz CT molecular complexity index is 880. The topological polar surface area (TPSA) is 54.4 Å². The summed E-state index contributed by atoms with van der Waals surface area (Å²) < 4.78 is 0. The van der Waals surface area contributed by atoms with Gasteiger partial charge in [0.2, 0.25) is 0 Å². The summed E-state index contributed by atoms with van der Waals surface area (Å²) in [6.07, 6.45) is 12.0. The number of hydrogen-bond acceptors (Lipinski definition) is 2. The first-order valence-electron chi connectivity index (χ1n) is 13.9. The second-order valence-corrected chi connectivity index (χ2v) is 15.0. The smallest absolute Gasteiger partial charge is 0.309 e. The third kappa shape index (κ3) is 2.80. The monoisotopic (exact) mass is 456 g/mol. The molecule has 0 spiro atoms. The van der Waals surface area contributed by atoms with E-state index in [9.17, 15) is 14.7 Å². The normalized spacial score (nSPS) is 58.5. The van der Waals surface area contributed by atoms with Gasteiger partial charge < -0.3 is 5.11 Å². The van der Waals surface area contributed by atoms with Gasteiger partial charge in [-0.2, -0.15) is 0 Å². The van der Waals surface area contributed by atoms with Crippen LogP contribution in [-0.4, -0.2) is 16.9 Å². The van der Waals surface area contributed by atoms with Gasteiger partial charge in [0.1, 0.15) is 5.78 Å². The van der Waals surface area contributed by atoms with Gasteiger partial charge in [0.05, 0.1) is 5.41 Å². The number of carbonyl (C=O) groups excluding carboxylic acids is 1. The van der Waals surface area contributed by atoms with Crippen molar-refractivity contribution in [1.82, 2.24) is 0 Å². The largest absolute Gasteiger partial charge is 0.481 e. The maximum atomic E-state index is 12.7. The van der Waals surface area contributed by atoms with Crippen molar-refractivity contribution in [3.63, 3.8) is 0 Å². The van der Waals surface area contributed by atoms with Crippen molar-refractivity contribution in [2.75, 3.05) is 0 Å². The molecule has 0 bridgehead atoms. The van der Waals surface area contributed by atoms with Gasteiger partial charge in [0.25, 0.3) is 0 Å². The Balaban J connectivity index is 1.54. The first-order chi connectivity index (χ1) is 15.2. The van der Waals surface area contributed by atoms with E-state index < -0.39 is 11.4 Å². The van der Waals surface area contributed by atoms with Crippen molar-refractivity contribution in [3.05, 3.63) is 0 Å². The molecular formula is C30H48O3. The summed E-state index contributed by atoms with van der Waals surface area (Å²) in [4.78, 5) is 25.0. The Morgan fingerprint density at radius 2 is 1.36 bits per heavy atom. The summed E-state index contributed by atoms with van der Waals surface area (Å²) in [7, 11) is 0. The number of fused-ring (bicyclic) bond motifs is 7. The maximum absolute atomic E-state index is 12.7. The van der Waals surface area contributed by atoms with Crippen LogP contribution in [0.15, 0.2) is 0 Å². The van der Waals surface area contributed by atoms with E-state index in [4.69, 9.17) is 0 Å². The van der Waals surface area contributed by atoms with Crippen molar-refractivity contribution in [3.8, 4) is 0 Å². The fraction of sp³-hybridized carbons (Fsp3) is 0.933. The standard InChI is InChI=1S/C30H48O3/c1-19-20(31)8-9-21-27(19,4)11-10-22-28(21,5)15-17-30(7)23-18-26(3,24(32)33)13-12-25(23,2)14-16-29(22,30)6/h19,21-23H,8-18H2,1-7H3,(H,32,33)/t19-,21-,22-,23+,25+,26+,27-,28+,29+,30-/m0/s1. The van der Waals surface area contributed by atoms with Gasteiger partial charge in [0, 0.05) is 12.3 Å². The van der Waals surface area contributed by atoms with E-state index in [1.54, 1.807) is 0 Å². The molecule has 0 aromatic carbocycles. The molecule has 0 heterocycles. The van der Waals surface area contributed by atoms with Gasteiger partial charge in [-0.1, -0.05) is 41.5 Å². The van der Waals surface area contributed by atoms with Crippen LogP contribution in [0.4, 0.5) is 0 Å². The van der Waals surface area contributed by atoms with Gasteiger partial charge >= 0.3 is 5.97 Å². The molecule has 0 amide bonds. The van der Waals surface area contributed by atoms with Gasteiger partial charge in [-0.15, -0.1) is 0 Å². The molecule has 5 fully saturated rings. The predicted molar refractivity (Wildman–Crippen MR) is 132 cm³/mol. The highest BCUT2D eigenvalue weighted by atomic mass is 16.4. The number of ketones is 1. The number of carbonyl (C=O) groups is 2. The van der Waals surface area contributed by atoms with E-state index >= 15 is 0 Å². The molecule has 0 unspecified atom stereocenters. The van der Waals surface area contributed by atoms with Crippen molar-refractivity contribution in [2.24, 2.45) is 56.2 Å². The van der Waals surface area contributed by atoms with Crippen molar-refractivity contribution in [2.45, 2.75) is 119 Å². The Morgan fingerprint density at radius 3 is 2.03 bits per heavy atom.